The summed E-state index contributed by atoms with van der Waals surface area (Å²) in [5.41, 5.74) is 7.57. The van der Waals surface area contributed by atoms with Crippen LogP contribution in [-0.2, 0) is 11.3 Å². The summed E-state index contributed by atoms with van der Waals surface area (Å²) in [4.78, 5) is 7.01. The fourth-order valence-corrected chi connectivity index (χ4v) is 3.99. The zero-order chi connectivity index (χ0) is 20.5. The first-order valence-electron chi connectivity index (χ1n) is 10.3. The molecule has 5 rings (SSSR count). The van der Waals surface area contributed by atoms with Gasteiger partial charge in [-0.2, -0.15) is 0 Å². The minimum absolute atomic E-state index is 0.0914. The number of hydrogen-bond donors (Lipinski definition) is 0. The van der Waals surface area contributed by atoms with Gasteiger partial charge in [0.15, 0.2) is 0 Å². The molecular weight excluding hydrogens is 374 g/mol. The second kappa shape index (κ2) is 7.97. The Kier molecular flexibility index (Phi) is 5.02. The van der Waals surface area contributed by atoms with E-state index in [9.17, 15) is 0 Å². The highest BCUT2D eigenvalue weighted by atomic mass is 16.5. The van der Waals surface area contributed by atoms with Crippen molar-refractivity contribution in [2.24, 2.45) is 0 Å². The molecule has 1 saturated heterocycles. The van der Waals surface area contributed by atoms with Crippen LogP contribution in [0.4, 0.5) is 0 Å². The number of aromatic nitrogens is 4. The molecule has 4 heterocycles. The maximum Gasteiger partial charge on any atom is 0.121 e. The number of hydrogen-bond acceptors (Lipinski definition) is 5. The normalized spacial score (nSPS) is 17.5. The van der Waals surface area contributed by atoms with E-state index in [4.69, 9.17) is 4.74 Å². The maximum atomic E-state index is 6.07. The van der Waals surface area contributed by atoms with Crippen LogP contribution in [0, 0.1) is 13.8 Å². The van der Waals surface area contributed by atoms with Crippen LogP contribution < -0.4 is 0 Å². The lowest BCUT2D eigenvalue weighted by Gasteiger charge is -2.31. The zero-order valence-electron chi connectivity index (χ0n) is 17.3. The molecule has 30 heavy (non-hydrogen) atoms. The summed E-state index contributed by atoms with van der Waals surface area (Å²) in [5.74, 6) is 0. The quantitative estimate of drug-likeness (QED) is 0.520. The summed E-state index contributed by atoms with van der Waals surface area (Å²) in [7, 11) is 0. The Labute approximate surface area is 176 Å². The van der Waals surface area contributed by atoms with E-state index in [2.05, 4.69) is 75.7 Å². The van der Waals surface area contributed by atoms with Crippen molar-refractivity contribution in [3.05, 3.63) is 83.4 Å². The van der Waals surface area contributed by atoms with Crippen LogP contribution in [0.1, 0.15) is 28.7 Å². The minimum Gasteiger partial charge on any atom is -0.369 e. The van der Waals surface area contributed by atoms with E-state index >= 15 is 0 Å². The van der Waals surface area contributed by atoms with Gasteiger partial charge in [-0.15, -0.1) is 5.10 Å². The molecule has 1 atom stereocenters. The predicted molar refractivity (Wildman–Crippen MR) is 116 cm³/mol. The molecule has 0 bridgehead atoms. The highest BCUT2D eigenvalue weighted by Gasteiger charge is 2.26. The van der Waals surface area contributed by atoms with Gasteiger partial charge in [-0.3, -0.25) is 9.88 Å². The minimum atomic E-state index is -0.0914. The van der Waals surface area contributed by atoms with Crippen molar-refractivity contribution in [1.82, 2.24) is 24.7 Å². The maximum absolute atomic E-state index is 6.07. The SMILES string of the molecule is Cc1ccc(-c2ccc3c([C@@H]4CN(Cc5cccc(C)n5)CCO4)nnn3c2)cc1. The number of nitrogens with zero attached hydrogens (tertiary/aromatic N) is 5. The molecule has 0 saturated carbocycles. The van der Waals surface area contributed by atoms with Gasteiger partial charge in [0.1, 0.15) is 11.8 Å². The first-order valence-corrected chi connectivity index (χ1v) is 10.3. The molecule has 0 amide bonds. The molecule has 6 nitrogen and oxygen atoms in total. The summed E-state index contributed by atoms with van der Waals surface area (Å²) in [6, 6.07) is 18.9. The van der Waals surface area contributed by atoms with Crippen LogP contribution in [0.15, 0.2) is 60.8 Å². The van der Waals surface area contributed by atoms with Gasteiger partial charge in [0, 0.05) is 37.1 Å². The van der Waals surface area contributed by atoms with Crippen LogP contribution in [-0.4, -0.2) is 44.4 Å². The topological polar surface area (TPSA) is 55.5 Å². The molecule has 1 fully saturated rings. The Bertz CT molecular complexity index is 1170. The van der Waals surface area contributed by atoms with E-state index < -0.39 is 0 Å². The van der Waals surface area contributed by atoms with Crippen LogP contribution >= 0.6 is 0 Å². The second-order valence-corrected chi connectivity index (χ2v) is 7.95. The molecular formula is C24H25N5O. The monoisotopic (exact) mass is 399 g/mol. The number of aryl methyl sites for hydroxylation is 2. The smallest absolute Gasteiger partial charge is 0.121 e. The number of morpholine rings is 1. The zero-order valence-corrected chi connectivity index (χ0v) is 17.3. The third-order valence-electron chi connectivity index (χ3n) is 5.61. The standard InChI is InChI=1S/C24H25N5O/c1-17-6-8-19(9-7-17)20-10-11-22-24(26-27-29(22)14-20)23-16-28(12-13-30-23)15-21-5-3-4-18(2)25-21/h3-11,14,23H,12-13,15-16H2,1-2H3/t23-/m0/s1. The third kappa shape index (κ3) is 3.84. The molecule has 1 aliphatic rings. The van der Waals surface area contributed by atoms with Gasteiger partial charge in [-0.05, 0) is 37.6 Å². The number of benzene rings is 1. The third-order valence-corrected chi connectivity index (χ3v) is 5.61. The Morgan fingerprint density at radius 1 is 1.00 bits per heavy atom. The Morgan fingerprint density at radius 3 is 2.67 bits per heavy atom. The van der Waals surface area contributed by atoms with E-state index in [-0.39, 0.29) is 6.10 Å². The summed E-state index contributed by atoms with van der Waals surface area (Å²) in [5, 5.41) is 8.84. The van der Waals surface area contributed by atoms with E-state index in [0.717, 1.165) is 47.8 Å². The Balaban J connectivity index is 1.37. The number of pyridine rings is 2. The Hall–Kier alpha value is -3.09. The number of ether oxygens (including phenoxy) is 1. The van der Waals surface area contributed by atoms with Crippen LogP contribution in [0.2, 0.25) is 0 Å². The van der Waals surface area contributed by atoms with Gasteiger partial charge >= 0.3 is 0 Å². The van der Waals surface area contributed by atoms with Crippen molar-refractivity contribution in [3.8, 4) is 11.1 Å². The second-order valence-electron chi connectivity index (χ2n) is 7.95. The van der Waals surface area contributed by atoms with E-state index in [0.29, 0.717) is 6.61 Å². The number of rotatable bonds is 4. The van der Waals surface area contributed by atoms with Crippen molar-refractivity contribution in [2.45, 2.75) is 26.5 Å². The molecule has 0 unspecified atom stereocenters. The molecule has 1 aliphatic heterocycles. The highest BCUT2D eigenvalue weighted by molar-refractivity contribution is 5.66. The summed E-state index contributed by atoms with van der Waals surface area (Å²) >= 11 is 0. The van der Waals surface area contributed by atoms with E-state index in [1.54, 1.807) is 0 Å². The van der Waals surface area contributed by atoms with Gasteiger partial charge in [-0.25, -0.2) is 4.52 Å². The van der Waals surface area contributed by atoms with Gasteiger partial charge in [-0.1, -0.05) is 47.2 Å². The van der Waals surface area contributed by atoms with Crippen LogP contribution in [0.5, 0.6) is 0 Å². The van der Waals surface area contributed by atoms with Gasteiger partial charge in [0.2, 0.25) is 0 Å². The molecule has 0 spiro atoms. The lowest BCUT2D eigenvalue weighted by molar-refractivity contribution is -0.0346. The lowest BCUT2D eigenvalue weighted by Crippen LogP contribution is -2.38. The molecule has 152 valence electrons. The number of fused-ring (bicyclic) bond motifs is 1. The molecule has 1 aromatic carbocycles. The molecule has 0 aliphatic carbocycles. The summed E-state index contributed by atoms with van der Waals surface area (Å²) in [6.07, 6.45) is 1.94. The van der Waals surface area contributed by atoms with E-state index in [1.807, 2.05) is 23.7 Å². The van der Waals surface area contributed by atoms with Crippen LogP contribution in [0.25, 0.3) is 16.6 Å². The average molecular weight is 399 g/mol. The van der Waals surface area contributed by atoms with Gasteiger partial charge < -0.3 is 4.74 Å². The predicted octanol–water partition coefficient (Wildman–Crippen LogP) is 3.98. The lowest BCUT2D eigenvalue weighted by atomic mass is 10.1. The van der Waals surface area contributed by atoms with Crippen molar-refractivity contribution in [2.75, 3.05) is 19.7 Å². The molecule has 0 radical (unpaired) electrons. The molecule has 6 heteroatoms. The van der Waals surface area contributed by atoms with Crippen molar-refractivity contribution >= 4 is 5.52 Å². The fraction of sp³-hybridized carbons (Fsp3) is 0.292. The summed E-state index contributed by atoms with van der Waals surface area (Å²) < 4.78 is 7.93. The van der Waals surface area contributed by atoms with E-state index in [1.165, 1.54) is 11.1 Å². The van der Waals surface area contributed by atoms with Crippen molar-refractivity contribution in [3.63, 3.8) is 0 Å². The summed E-state index contributed by atoms with van der Waals surface area (Å²) in [6.45, 7) is 7.29. The largest absolute Gasteiger partial charge is 0.369 e. The average Bonchev–Trinajstić information content (AvgIpc) is 3.18. The first kappa shape index (κ1) is 18.9. The van der Waals surface area contributed by atoms with Crippen molar-refractivity contribution < 1.29 is 4.74 Å². The van der Waals surface area contributed by atoms with Crippen molar-refractivity contribution in [1.29, 1.82) is 0 Å². The highest BCUT2D eigenvalue weighted by Crippen LogP contribution is 2.27. The first-order chi connectivity index (χ1) is 14.7. The Morgan fingerprint density at radius 2 is 1.83 bits per heavy atom. The molecule has 0 N–H and O–H groups in total. The van der Waals surface area contributed by atoms with Crippen LogP contribution in [0.3, 0.4) is 0 Å². The van der Waals surface area contributed by atoms with Gasteiger partial charge in [0.05, 0.1) is 17.8 Å². The molecule has 4 aromatic rings. The van der Waals surface area contributed by atoms with Gasteiger partial charge in [0.25, 0.3) is 0 Å². The molecule has 3 aromatic heterocycles. The fourth-order valence-electron chi connectivity index (χ4n) is 3.99.